The summed E-state index contributed by atoms with van der Waals surface area (Å²) in [6, 6.07) is 8.37. The van der Waals surface area contributed by atoms with Crippen molar-refractivity contribution in [2.24, 2.45) is 0 Å². The number of carbonyl (C=O) groups is 1. The van der Waals surface area contributed by atoms with Gasteiger partial charge in [0.15, 0.2) is 0 Å². The third-order valence-corrected chi connectivity index (χ3v) is 3.88. The van der Waals surface area contributed by atoms with E-state index in [4.69, 9.17) is 5.26 Å². The topological polar surface area (TPSA) is 65.2 Å². The van der Waals surface area contributed by atoms with Gasteiger partial charge in [0.1, 0.15) is 18.4 Å². The summed E-state index contributed by atoms with van der Waals surface area (Å²) in [4.78, 5) is 16.2. The molecule has 1 aromatic heterocycles. The molecule has 6 nitrogen and oxygen atoms in total. The molecule has 0 spiro atoms. The van der Waals surface area contributed by atoms with Crippen molar-refractivity contribution in [3.63, 3.8) is 0 Å². The SMILES string of the molecule is N#Cc1cnn(CC(=O)N2CCN(c3ccc(F)cc3)CC2)c1. The van der Waals surface area contributed by atoms with Crippen molar-refractivity contribution in [2.45, 2.75) is 6.54 Å². The van der Waals surface area contributed by atoms with Gasteiger partial charge in [-0.3, -0.25) is 9.48 Å². The number of rotatable bonds is 3. The van der Waals surface area contributed by atoms with Gasteiger partial charge in [-0.1, -0.05) is 0 Å². The van der Waals surface area contributed by atoms with Crippen LogP contribution >= 0.6 is 0 Å². The molecule has 1 aliphatic heterocycles. The van der Waals surface area contributed by atoms with E-state index in [9.17, 15) is 9.18 Å². The van der Waals surface area contributed by atoms with E-state index < -0.39 is 0 Å². The maximum atomic E-state index is 13.0. The van der Waals surface area contributed by atoms with Crippen molar-refractivity contribution in [1.82, 2.24) is 14.7 Å². The first-order chi connectivity index (χ1) is 11.2. The number of anilines is 1. The molecule has 7 heteroatoms. The second-order valence-corrected chi connectivity index (χ2v) is 5.38. The van der Waals surface area contributed by atoms with Gasteiger partial charge in [-0.2, -0.15) is 10.4 Å². The Labute approximate surface area is 133 Å². The Hall–Kier alpha value is -2.88. The van der Waals surface area contributed by atoms with Crippen molar-refractivity contribution < 1.29 is 9.18 Å². The molecular formula is C16H16FN5O. The minimum atomic E-state index is -0.251. The molecule has 0 bridgehead atoms. The van der Waals surface area contributed by atoms with Gasteiger partial charge in [0, 0.05) is 38.1 Å². The Morgan fingerprint density at radius 3 is 2.52 bits per heavy atom. The number of amides is 1. The summed E-state index contributed by atoms with van der Waals surface area (Å²) in [6.45, 7) is 2.78. The Kier molecular flexibility index (Phi) is 4.24. The third kappa shape index (κ3) is 3.48. The monoisotopic (exact) mass is 313 g/mol. The summed E-state index contributed by atoms with van der Waals surface area (Å²) in [7, 11) is 0. The summed E-state index contributed by atoms with van der Waals surface area (Å²) in [5.41, 5.74) is 1.41. The van der Waals surface area contributed by atoms with Crippen LogP contribution in [0.5, 0.6) is 0 Å². The number of nitriles is 1. The fourth-order valence-corrected chi connectivity index (χ4v) is 2.61. The molecule has 2 aromatic rings. The lowest BCUT2D eigenvalue weighted by Gasteiger charge is -2.36. The number of hydrogen-bond acceptors (Lipinski definition) is 4. The smallest absolute Gasteiger partial charge is 0.244 e. The van der Waals surface area contributed by atoms with Crippen molar-refractivity contribution in [1.29, 1.82) is 5.26 Å². The van der Waals surface area contributed by atoms with Crippen LogP contribution in [0.4, 0.5) is 10.1 Å². The lowest BCUT2D eigenvalue weighted by Crippen LogP contribution is -2.49. The Morgan fingerprint density at radius 1 is 1.22 bits per heavy atom. The quantitative estimate of drug-likeness (QED) is 0.855. The van der Waals surface area contributed by atoms with Crippen LogP contribution in [-0.4, -0.2) is 46.8 Å². The van der Waals surface area contributed by atoms with Gasteiger partial charge in [0.05, 0.1) is 11.8 Å². The average Bonchev–Trinajstić information content (AvgIpc) is 3.03. The minimum absolute atomic E-state index is 0.0173. The number of benzene rings is 1. The normalized spacial score (nSPS) is 14.6. The second kappa shape index (κ2) is 6.48. The molecule has 0 saturated carbocycles. The fraction of sp³-hybridized carbons (Fsp3) is 0.312. The van der Waals surface area contributed by atoms with Crippen molar-refractivity contribution in [2.75, 3.05) is 31.1 Å². The Bertz CT molecular complexity index is 726. The molecule has 0 aliphatic carbocycles. The van der Waals surface area contributed by atoms with Crippen LogP contribution in [0.25, 0.3) is 0 Å². The van der Waals surface area contributed by atoms with E-state index in [0.29, 0.717) is 31.7 Å². The number of piperazine rings is 1. The van der Waals surface area contributed by atoms with Crippen LogP contribution < -0.4 is 4.90 Å². The third-order valence-electron chi connectivity index (χ3n) is 3.88. The van der Waals surface area contributed by atoms with Crippen LogP contribution in [0.3, 0.4) is 0 Å². The summed E-state index contributed by atoms with van der Waals surface area (Å²) in [6.07, 6.45) is 3.01. The minimum Gasteiger partial charge on any atom is -0.368 e. The molecule has 0 N–H and O–H groups in total. The van der Waals surface area contributed by atoms with Crippen LogP contribution in [0, 0.1) is 17.1 Å². The summed E-state index contributed by atoms with van der Waals surface area (Å²) < 4.78 is 14.4. The summed E-state index contributed by atoms with van der Waals surface area (Å²) in [5, 5.41) is 12.8. The van der Waals surface area contributed by atoms with Gasteiger partial charge in [-0.25, -0.2) is 4.39 Å². The number of halogens is 1. The van der Waals surface area contributed by atoms with Crippen LogP contribution in [0.15, 0.2) is 36.7 Å². The fourth-order valence-electron chi connectivity index (χ4n) is 2.61. The van der Waals surface area contributed by atoms with E-state index in [1.54, 1.807) is 23.2 Å². The summed E-state index contributed by atoms with van der Waals surface area (Å²) in [5.74, 6) is -0.269. The van der Waals surface area contributed by atoms with Crippen LogP contribution in [0.1, 0.15) is 5.56 Å². The van der Waals surface area contributed by atoms with Crippen molar-refractivity contribution in [3.8, 4) is 6.07 Å². The maximum Gasteiger partial charge on any atom is 0.244 e. The molecule has 2 heterocycles. The molecule has 0 unspecified atom stereocenters. The first-order valence-electron chi connectivity index (χ1n) is 7.36. The van der Waals surface area contributed by atoms with Gasteiger partial charge in [0.2, 0.25) is 5.91 Å². The molecule has 1 fully saturated rings. The van der Waals surface area contributed by atoms with E-state index in [2.05, 4.69) is 10.00 Å². The highest BCUT2D eigenvalue weighted by Gasteiger charge is 2.21. The predicted octanol–water partition coefficient (Wildman–Crippen LogP) is 1.24. The molecule has 0 radical (unpaired) electrons. The number of nitrogens with zero attached hydrogens (tertiary/aromatic N) is 5. The maximum absolute atomic E-state index is 13.0. The second-order valence-electron chi connectivity index (χ2n) is 5.38. The lowest BCUT2D eigenvalue weighted by atomic mass is 10.2. The predicted molar refractivity (Wildman–Crippen MR) is 82.1 cm³/mol. The largest absolute Gasteiger partial charge is 0.368 e. The standard InChI is InChI=1S/C16H16FN5O/c17-14-1-3-15(4-2-14)20-5-7-21(8-6-20)16(23)12-22-11-13(9-18)10-19-22/h1-4,10-11H,5-8,12H2. The molecule has 1 amide bonds. The van der Waals surface area contributed by atoms with E-state index >= 15 is 0 Å². The first-order valence-corrected chi connectivity index (χ1v) is 7.36. The zero-order valence-electron chi connectivity index (χ0n) is 12.5. The van der Waals surface area contributed by atoms with Gasteiger partial charge in [-0.15, -0.1) is 0 Å². The molecule has 0 atom stereocenters. The molecule has 118 valence electrons. The number of carbonyl (C=O) groups excluding carboxylic acids is 1. The summed E-state index contributed by atoms with van der Waals surface area (Å²) >= 11 is 0. The van der Waals surface area contributed by atoms with Crippen LogP contribution in [-0.2, 0) is 11.3 Å². The van der Waals surface area contributed by atoms with E-state index in [0.717, 1.165) is 5.69 Å². The zero-order chi connectivity index (χ0) is 16.2. The van der Waals surface area contributed by atoms with E-state index in [-0.39, 0.29) is 18.3 Å². The highest BCUT2D eigenvalue weighted by atomic mass is 19.1. The van der Waals surface area contributed by atoms with E-state index in [1.807, 2.05) is 6.07 Å². The molecule has 3 rings (SSSR count). The van der Waals surface area contributed by atoms with Crippen molar-refractivity contribution >= 4 is 11.6 Å². The van der Waals surface area contributed by atoms with Gasteiger partial charge < -0.3 is 9.80 Å². The highest BCUT2D eigenvalue weighted by molar-refractivity contribution is 5.76. The molecule has 1 saturated heterocycles. The molecule has 1 aliphatic rings. The van der Waals surface area contributed by atoms with Gasteiger partial charge >= 0.3 is 0 Å². The average molecular weight is 313 g/mol. The number of hydrogen-bond donors (Lipinski definition) is 0. The van der Waals surface area contributed by atoms with Crippen molar-refractivity contribution in [3.05, 3.63) is 48.0 Å². The first kappa shape index (κ1) is 15.0. The molecule has 23 heavy (non-hydrogen) atoms. The highest BCUT2D eigenvalue weighted by Crippen LogP contribution is 2.17. The molecule has 1 aromatic carbocycles. The van der Waals surface area contributed by atoms with Gasteiger partial charge in [-0.05, 0) is 24.3 Å². The zero-order valence-corrected chi connectivity index (χ0v) is 12.5. The van der Waals surface area contributed by atoms with Crippen LogP contribution in [0.2, 0.25) is 0 Å². The van der Waals surface area contributed by atoms with E-state index in [1.165, 1.54) is 23.0 Å². The van der Waals surface area contributed by atoms with Gasteiger partial charge in [0.25, 0.3) is 0 Å². The Balaban J connectivity index is 1.55. The Morgan fingerprint density at radius 2 is 1.91 bits per heavy atom. The lowest BCUT2D eigenvalue weighted by molar-refractivity contribution is -0.132. The molecular weight excluding hydrogens is 297 g/mol. The number of aromatic nitrogens is 2.